The summed E-state index contributed by atoms with van der Waals surface area (Å²) < 4.78 is 17.0. The summed E-state index contributed by atoms with van der Waals surface area (Å²) in [6.45, 7) is 6.69. The molecule has 0 aliphatic carbocycles. The predicted molar refractivity (Wildman–Crippen MR) is 307 cm³/mol. The Morgan fingerprint density at radius 1 is 0.282 bits per heavy atom. The van der Waals surface area contributed by atoms with Gasteiger partial charge in [0.1, 0.15) is 13.2 Å². The summed E-state index contributed by atoms with van der Waals surface area (Å²) in [5, 5.41) is 0. The number of unbranched alkanes of at least 4 members (excludes halogenated alkanes) is 44. The van der Waals surface area contributed by atoms with Crippen LogP contribution in [0.25, 0.3) is 0 Å². The summed E-state index contributed by atoms with van der Waals surface area (Å²) in [7, 11) is 0. The Labute approximate surface area is 443 Å². The smallest absolute Gasteiger partial charge is 0.306 e. The van der Waals surface area contributed by atoms with Crippen LogP contribution in [0.4, 0.5) is 0 Å². The highest BCUT2D eigenvalue weighted by molar-refractivity contribution is 5.71. The first-order chi connectivity index (χ1) is 35.0. The molecule has 0 aliphatic heterocycles. The third kappa shape index (κ3) is 58.7. The fraction of sp³-hybridized carbons (Fsp3) is 0.892. The number of hydrogen-bond donors (Lipinski definition) is 0. The SMILES string of the molecule is CCCCC/C=C\C/C=C\CCCCCCCCCCCC(=O)OC[C@@H](COC(=O)CCCCCCCCCCCCCCCCCCC)OC(=O)CCCCCCCCCCCCCCCCCCC. The van der Waals surface area contributed by atoms with Gasteiger partial charge in [-0.2, -0.15) is 0 Å². The van der Waals surface area contributed by atoms with Gasteiger partial charge in [-0.05, 0) is 51.4 Å². The molecule has 0 saturated carbocycles. The first-order valence-electron chi connectivity index (χ1n) is 31.8. The van der Waals surface area contributed by atoms with Crippen molar-refractivity contribution in [2.24, 2.45) is 0 Å². The molecule has 0 saturated heterocycles. The van der Waals surface area contributed by atoms with Gasteiger partial charge in [0, 0.05) is 19.3 Å². The van der Waals surface area contributed by atoms with E-state index in [-0.39, 0.29) is 31.1 Å². The van der Waals surface area contributed by atoms with Crippen LogP contribution >= 0.6 is 0 Å². The topological polar surface area (TPSA) is 78.9 Å². The molecule has 0 rings (SSSR count). The van der Waals surface area contributed by atoms with Crippen LogP contribution in [0, 0.1) is 0 Å². The molecule has 418 valence electrons. The molecule has 0 spiro atoms. The third-order valence-electron chi connectivity index (χ3n) is 14.5. The van der Waals surface area contributed by atoms with Gasteiger partial charge in [-0.15, -0.1) is 0 Å². The maximum Gasteiger partial charge on any atom is 0.306 e. The molecule has 0 aromatic rings. The Balaban J connectivity index is 4.31. The van der Waals surface area contributed by atoms with Crippen molar-refractivity contribution < 1.29 is 28.6 Å². The van der Waals surface area contributed by atoms with Crippen LogP contribution in [-0.2, 0) is 28.6 Å². The maximum atomic E-state index is 12.9. The fourth-order valence-corrected chi connectivity index (χ4v) is 9.65. The molecule has 0 fully saturated rings. The van der Waals surface area contributed by atoms with Crippen LogP contribution in [0.2, 0.25) is 0 Å². The van der Waals surface area contributed by atoms with E-state index >= 15 is 0 Å². The summed E-state index contributed by atoms with van der Waals surface area (Å²) in [4.78, 5) is 38.3. The van der Waals surface area contributed by atoms with E-state index in [1.54, 1.807) is 0 Å². The number of rotatable bonds is 59. The Kier molecular flexibility index (Phi) is 58.6. The molecule has 0 unspecified atom stereocenters. The van der Waals surface area contributed by atoms with E-state index in [2.05, 4.69) is 45.1 Å². The summed E-state index contributed by atoms with van der Waals surface area (Å²) >= 11 is 0. The lowest BCUT2D eigenvalue weighted by Crippen LogP contribution is -2.30. The van der Waals surface area contributed by atoms with Gasteiger partial charge >= 0.3 is 17.9 Å². The highest BCUT2D eigenvalue weighted by Gasteiger charge is 2.19. The van der Waals surface area contributed by atoms with Crippen molar-refractivity contribution in [1.29, 1.82) is 0 Å². The molecule has 6 nitrogen and oxygen atoms in total. The second kappa shape index (κ2) is 60.4. The average Bonchev–Trinajstić information content (AvgIpc) is 3.37. The molecule has 0 amide bonds. The Bertz CT molecular complexity index is 1150. The lowest BCUT2D eigenvalue weighted by Gasteiger charge is -2.18. The van der Waals surface area contributed by atoms with E-state index in [0.29, 0.717) is 19.3 Å². The molecule has 0 N–H and O–H groups in total. The normalized spacial score (nSPS) is 12.1. The second-order valence-corrected chi connectivity index (χ2v) is 21.7. The molecule has 1 atom stereocenters. The van der Waals surface area contributed by atoms with Crippen LogP contribution in [0.1, 0.15) is 355 Å². The first-order valence-corrected chi connectivity index (χ1v) is 31.8. The van der Waals surface area contributed by atoms with Crippen molar-refractivity contribution >= 4 is 17.9 Å². The molecule has 6 heteroatoms. The van der Waals surface area contributed by atoms with E-state index in [4.69, 9.17) is 14.2 Å². The largest absolute Gasteiger partial charge is 0.462 e. The predicted octanol–water partition coefficient (Wildman–Crippen LogP) is 21.4. The summed E-state index contributed by atoms with van der Waals surface area (Å²) in [6.07, 6.45) is 71.7. The molecule has 0 heterocycles. The summed E-state index contributed by atoms with van der Waals surface area (Å²) in [5.74, 6) is -0.841. The molecule has 71 heavy (non-hydrogen) atoms. The minimum Gasteiger partial charge on any atom is -0.462 e. The van der Waals surface area contributed by atoms with Crippen molar-refractivity contribution in [3.8, 4) is 0 Å². The molecular formula is C65H122O6. The van der Waals surface area contributed by atoms with Crippen LogP contribution in [0.15, 0.2) is 24.3 Å². The van der Waals surface area contributed by atoms with Crippen molar-refractivity contribution in [3.63, 3.8) is 0 Å². The van der Waals surface area contributed by atoms with Gasteiger partial charge in [0.2, 0.25) is 0 Å². The van der Waals surface area contributed by atoms with Crippen LogP contribution in [0.5, 0.6) is 0 Å². The van der Waals surface area contributed by atoms with Gasteiger partial charge in [-0.3, -0.25) is 14.4 Å². The highest BCUT2D eigenvalue weighted by Crippen LogP contribution is 2.18. The molecule has 0 aliphatic rings. The minimum absolute atomic E-state index is 0.0661. The van der Waals surface area contributed by atoms with Crippen molar-refractivity contribution in [3.05, 3.63) is 24.3 Å². The number of carbonyl (C=O) groups excluding carboxylic acids is 3. The third-order valence-corrected chi connectivity index (χ3v) is 14.5. The summed E-state index contributed by atoms with van der Waals surface area (Å²) in [6, 6.07) is 0. The van der Waals surface area contributed by atoms with Crippen LogP contribution in [0.3, 0.4) is 0 Å². The van der Waals surface area contributed by atoms with E-state index < -0.39 is 6.10 Å². The number of hydrogen-bond acceptors (Lipinski definition) is 6. The van der Waals surface area contributed by atoms with Crippen LogP contribution < -0.4 is 0 Å². The maximum absolute atomic E-state index is 12.9. The van der Waals surface area contributed by atoms with E-state index in [1.165, 1.54) is 250 Å². The number of ether oxygens (including phenoxy) is 3. The Hall–Kier alpha value is -2.11. The number of esters is 3. The van der Waals surface area contributed by atoms with Crippen LogP contribution in [-0.4, -0.2) is 37.2 Å². The lowest BCUT2D eigenvalue weighted by atomic mass is 10.0. The highest BCUT2D eigenvalue weighted by atomic mass is 16.6. The Morgan fingerprint density at radius 2 is 0.507 bits per heavy atom. The first kappa shape index (κ1) is 68.9. The minimum atomic E-state index is -0.768. The van der Waals surface area contributed by atoms with Gasteiger partial charge in [-0.1, -0.05) is 308 Å². The van der Waals surface area contributed by atoms with Gasteiger partial charge in [0.15, 0.2) is 6.10 Å². The zero-order valence-corrected chi connectivity index (χ0v) is 48.0. The monoisotopic (exact) mass is 999 g/mol. The molecule has 0 aromatic heterocycles. The van der Waals surface area contributed by atoms with Gasteiger partial charge in [-0.25, -0.2) is 0 Å². The molecular weight excluding hydrogens is 877 g/mol. The number of carbonyl (C=O) groups is 3. The fourth-order valence-electron chi connectivity index (χ4n) is 9.65. The molecule has 0 radical (unpaired) electrons. The standard InChI is InChI=1S/C65H122O6/c1-4-7-10-13-16-19-22-25-28-31-32-35-37-40-43-46-49-52-55-58-64(67)70-61-62(71-65(68)59-56-53-50-47-44-41-38-34-30-27-24-21-18-15-12-9-6-3)60-69-63(66)57-54-51-48-45-42-39-36-33-29-26-23-20-17-14-11-8-5-2/h16,19,25,28,62H,4-15,17-18,20-24,26-27,29-61H2,1-3H3/b19-16-,28-25-/t62-/m1/s1. The average molecular weight is 1000 g/mol. The van der Waals surface area contributed by atoms with Gasteiger partial charge in [0.25, 0.3) is 0 Å². The van der Waals surface area contributed by atoms with Crippen molar-refractivity contribution in [1.82, 2.24) is 0 Å². The summed E-state index contributed by atoms with van der Waals surface area (Å²) in [5.41, 5.74) is 0. The van der Waals surface area contributed by atoms with E-state index in [9.17, 15) is 14.4 Å². The molecule has 0 aromatic carbocycles. The quantitative estimate of drug-likeness (QED) is 0.0261. The number of allylic oxidation sites excluding steroid dienone is 4. The van der Waals surface area contributed by atoms with Crippen molar-refractivity contribution in [2.45, 2.75) is 361 Å². The lowest BCUT2D eigenvalue weighted by molar-refractivity contribution is -0.167. The van der Waals surface area contributed by atoms with Crippen molar-refractivity contribution in [2.75, 3.05) is 13.2 Å². The zero-order valence-electron chi connectivity index (χ0n) is 48.0. The Morgan fingerprint density at radius 3 is 0.803 bits per heavy atom. The van der Waals surface area contributed by atoms with E-state index in [0.717, 1.165) is 64.2 Å². The van der Waals surface area contributed by atoms with Gasteiger partial charge in [0.05, 0.1) is 0 Å². The molecule has 0 bridgehead atoms. The van der Waals surface area contributed by atoms with E-state index in [1.807, 2.05) is 0 Å². The zero-order chi connectivity index (χ0) is 51.4. The second-order valence-electron chi connectivity index (χ2n) is 21.7. The van der Waals surface area contributed by atoms with Gasteiger partial charge < -0.3 is 14.2 Å².